The molecule has 19 heavy (non-hydrogen) atoms. The molecule has 4 nitrogen and oxygen atoms in total. The smallest absolute Gasteiger partial charge is 0.0919 e. The summed E-state index contributed by atoms with van der Waals surface area (Å²) >= 11 is 0. The maximum atomic E-state index is 3.40. The van der Waals surface area contributed by atoms with Gasteiger partial charge in [0.05, 0.1) is 6.67 Å². The van der Waals surface area contributed by atoms with E-state index in [0.717, 1.165) is 39.4 Å². The minimum absolute atomic E-state index is 0.879. The minimum Gasteiger partial charge on any atom is -0.372 e. The summed E-state index contributed by atoms with van der Waals surface area (Å²) in [5.74, 6) is 0. The van der Waals surface area contributed by atoms with Gasteiger partial charge in [0.1, 0.15) is 0 Å². The van der Waals surface area contributed by atoms with Crippen LogP contribution in [0.5, 0.6) is 0 Å². The molecule has 0 unspecified atom stereocenters. The third kappa shape index (κ3) is 2.91. The molecule has 2 heterocycles. The van der Waals surface area contributed by atoms with Crippen molar-refractivity contribution in [2.24, 2.45) is 0 Å². The normalized spacial score (nSPS) is 20.3. The van der Waals surface area contributed by atoms with E-state index in [2.05, 4.69) is 57.8 Å². The fraction of sp³-hybridized carbons (Fsp3) is 0.467. The zero-order chi connectivity index (χ0) is 13.1. The van der Waals surface area contributed by atoms with Gasteiger partial charge in [0, 0.05) is 50.3 Å². The number of rotatable bonds is 3. The maximum Gasteiger partial charge on any atom is 0.0919 e. The maximum absolute atomic E-state index is 3.40. The van der Waals surface area contributed by atoms with E-state index in [1.165, 1.54) is 16.9 Å². The largest absolute Gasteiger partial charge is 0.372 e. The molecule has 1 aromatic carbocycles. The van der Waals surface area contributed by atoms with Crippen molar-refractivity contribution in [1.82, 2.24) is 15.5 Å². The molecule has 2 aliphatic rings. The Labute approximate surface area is 115 Å². The molecule has 0 atom stereocenters. The topological polar surface area (TPSA) is 30.5 Å². The van der Waals surface area contributed by atoms with Crippen molar-refractivity contribution in [1.29, 1.82) is 0 Å². The Kier molecular flexibility index (Phi) is 3.71. The summed E-state index contributed by atoms with van der Waals surface area (Å²) in [5, 5.41) is 6.75. The van der Waals surface area contributed by atoms with Crippen molar-refractivity contribution in [3.8, 4) is 0 Å². The van der Waals surface area contributed by atoms with Gasteiger partial charge in [-0.1, -0.05) is 17.7 Å². The third-order valence-corrected chi connectivity index (χ3v) is 3.81. The first-order chi connectivity index (χ1) is 9.33. The van der Waals surface area contributed by atoms with E-state index in [4.69, 9.17) is 0 Å². The molecule has 2 aliphatic heterocycles. The van der Waals surface area contributed by atoms with Gasteiger partial charge in [-0.25, -0.2) is 0 Å². The molecule has 0 amide bonds. The van der Waals surface area contributed by atoms with Crippen molar-refractivity contribution in [3.63, 3.8) is 0 Å². The predicted molar refractivity (Wildman–Crippen MR) is 79.1 cm³/mol. The lowest BCUT2D eigenvalue weighted by Gasteiger charge is -2.30. The van der Waals surface area contributed by atoms with Crippen LogP contribution < -0.4 is 15.5 Å². The van der Waals surface area contributed by atoms with Crippen molar-refractivity contribution in [2.75, 3.05) is 44.3 Å². The first kappa shape index (κ1) is 12.5. The van der Waals surface area contributed by atoms with E-state index in [0.29, 0.717) is 0 Å². The van der Waals surface area contributed by atoms with E-state index in [9.17, 15) is 0 Å². The number of hydrogen-bond acceptors (Lipinski definition) is 4. The number of aryl methyl sites for hydroxylation is 1. The Hall–Kier alpha value is -1.52. The monoisotopic (exact) mass is 258 g/mol. The highest BCUT2D eigenvalue weighted by Crippen LogP contribution is 2.22. The Bertz CT molecular complexity index is 446. The van der Waals surface area contributed by atoms with E-state index >= 15 is 0 Å². The highest BCUT2D eigenvalue weighted by atomic mass is 15.3. The van der Waals surface area contributed by atoms with E-state index in [1.54, 1.807) is 0 Å². The first-order valence-corrected chi connectivity index (χ1v) is 7.03. The first-order valence-electron chi connectivity index (χ1n) is 7.03. The van der Waals surface area contributed by atoms with Crippen molar-refractivity contribution < 1.29 is 0 Å². The third-order valence-electron chi connectivity index (χ3n) is 3.81. The van der Waals surface area contributed by atoms with Gasteiger partial charge in [0.2, 0.25) is 0 Å². The van der Waals surface area contributed by atoms with Gasteiger partial charge in [-0.3, -0.25) is 4.90 Å². The molecule has 0 bridgehead atoms. The molecule has 0 saturated carbocycles. The highest BCUT2D eigenvalue weighted by molar-refractivity contribution is 5.54. The molecular formula is C15H22N4. The minimum atomic E-state index is 0.879. The lowest BCUT2D eigenvalue weighted by molar-refractivity contribution is 0.258. The molecule has 1 fully saturated rings. The average molecular weight is 258 g/mol. The molecule has 0 aromatic heterocycles. The van der Waals surface area contributed by atoms with Crippen molar-refractivity contribution in [3.05, 3.63) is 41.7 Å². The van der Waals surface area contributed by atoms with Gasteiger partial charge in [-0.2, -0.15) is 0 Å². The van der Waals surface area contributed by atoms with Crippen LogP contribution in [0.25, 0.3) is 0 Å². The SMILES string of the molecule is Cc1ccc(N2CNC=C2CN2CCNCC2)cc1. The van der Waals surface area contributed by atoms with Gasteiger partial charge < -0.3 is 15.5 Å². The number of nitrogens with one attached hydrogen (secondary N) is 2. The second-order valence-corrected chi connectivity index (χ2v) is 5.29. The summed E-state index contributed by atoms with van der Waals surface area (Å²) in [6.07, 6.45) is 2.15. The summed E-state index contributed by atoms with van der Waals surface area (Å²) in [6, 6.07) is 8.76. The van der Waals surface area contributed by atoms with Gasteiger partial charge in [0.25, 0.3) is 0 Å². The zero-order valence-corrected chi connectivity index (χ0v) is 11.5. The summed E-state index contributed by atoms with van der Waals surface area (Å²) in [7, 11) is 0. The van der Waals surface area contributed by atoms with Crippen LogP contribution in [-0.2, 0) is 0 Å². The molecule has 4 heteroatoms. The molecular weight excluding hydrogens is 236 g/mol. The summed E-state index contributed by atoms with van der Waals surface area (Å²) < 4.78 is 0. The lowest BCUT2D eigenvalue weighted by atomic mass is 10.2. The Morgan fingerprint density at radius 2 is 1.84 bits per heavy atom. The molecule has 1 aromatic rings. The van der Waals surface area contributed by atoms with E-state index in [-0.39, 0.29) is 0 Å². The van der Waals surface area contributed by atoms with E-state index in [1.807, 2.05) is 0 Å². The standard InChI is InChI=1S/C15H22N4/c1-13-2-4-14(5-3-13)19-12-17-10-15(19)11-18-8-6-16-7-9-18/h2-5,10,16-17H,6-9,11-12H2,1H3. The zero-order valence-electron chi connectivity index (χ0n) is 11.5. The Balaban J connectivity index is 1.68. The number of anilines is 1. The second kappa shape index (κ2) is 5.63. The molecule has 2 N–H and O–H groups in total. The molecule has 0 aliphatic carbocycles. The van der Waals surface area contributed by atoms with Crippen LogP contribution >= 0.6 is 0 Å². The molecule has 102 valence electrons. The molecule has 1 saturated heterocycles. The van der Waals surface area contributed by atoms with Crippen LogP contribution in [0.4, 0.5) is 5.69 Å². The molecule has 0 spiro atoms. The van der Waals surface area contributed by atoms with Gasteiger partial charge in [-0.05, 0) is 19.1 Å². The Morgan fingerprint density at radius 3 is 2.58 bits per heavy atom. The average Bonchev–Trinajstić information content (AvgIpc) is 2.89. The molecule has 0 radical (unpaired) electrons. The molecule has 3 rings (SSSR count). The van der Waals surface area contributed by atoms with E-state index < -0.39 is 0 Å². The predicted octanol–water partition coefficient (Wildman–Crippen LogP) is 1.11. The number of piperazine rings is 1. The number of nitrogens with zero attached hydrogens (tertiary/aromatic N) is 2. The highest BCUT2D eigenvalue weighted by Gasteiger charge is 2.20. The summed E-state index contributed by atoms with van der Waals surface area (Å²) in [5.41, 5.74) is 3.95. The van der Waals surface area contributed by atoms with Crippen LogP contribution in [0.3, 0.4) is 0 Å². The van der Waals surface area contributed by atoms with Crippen LogP contribution in [0.1, 0.15) is 5.56 Å². The van der Waals surface area contributed by atoms with Gasteiger partial charge in [0.15, 0.2) is 0 Å². The fourth-order valence-electron chi connectivity index (χ4n) is 2.65. The number of benzene rings is 1. The van der Waals surface area contributed by atoms with Crippen molar-refractivity contribution >= 4 is 5.69 Å². The fourth-order valence-corrected chi connectivity index (χ4v) is 2.65. The summed E-state index contributed by atoms with van der Waals surface area (Å²) in [6.45, 7) is 8.52. The van der Waals surface area contributed by atoms with Crippen LogP contribution in [-0.4, -0.2) is 44.3 Å². The van der Waals surface area contributed by atoms with Gasteiger partial charge in [-0.15, -0.1) is 0 Å². The quantitative estimate of drug-likeness (QED) is 0.850. The van der Waals surface area contributed by atoms with Crippen LogP contribution in [0, 0.1) is 6.92 Å². The van der Waals surface area contributed by atoms with Gasteiger partial charge >= 0.3 is 0 Å². The van der Waals surface area contributed by atoms with Crippen molar-refractivity contribution in [2.45, 2.75) is 6.92 Å². The number of hydrogen-bond donors (Lipinski definition) is 2. The summed E-state index contributed by atoms with van der Waals surface area (Å²) in [4.78, 5) is 4.87. The Morgan fingerprint density at radius 1 is 1.11 bits per heavy atom. The van der Waals surface area contributed by atoms with Crippen LogP contribution in [0.2, 0.25) is 0 Å². The second-order valence-electron chi connectivity index (χ2n) is 5.29. The lowest BCUT2D eigenvalue weighted by Crippen LogP contribution is -2.45. The van der Waals surface area contributed by atoms with Crippen LogP contribution in [0.15, 0.2) is 36.2 Å².